The zero-order valence-corrected chi connectivity index (χ0v) is 15.8. The zero-order chi connectivity index (χ0) is 19.6. The molecule has 3 heterocycles. The number of carbonyl (C=O) groups is 1. The van der Waals surface area contributed by atoms with Crippen molar-refractivity contribution in [2.75, 3.05) is 5.32 Å². The molecule has 5 heteroatoms. The maximum Gasteiger partial charge on any atom is 0.260 e. The van der Waals surface area contributed by atoms with Crippen molar-refractivity contribution < 1.29 is 13.9 Å². The first kappa shape index (κ1) is 16.8. The van der Waals surface area contributed by atoms with Gasteiger partial charge in [-0.05, 0) is 61.9 Å². The van der Waals surface area contributed by atoms with Crippen LogP contribution in [-0.2, 0) is 16.6 Å². The van der Waals surface area contributed by atoms with Gasteiger partial charge in [-0.2, -0.15) is 0 Å². The largest absolute Gasteiger partial charge is 0.482 e. The van der Waals surface area contributed by atoms with Gasteiger partial charge in [-0.25, -0.2) is 4.39 Å². The lowest BCUT2D eigenvalue weighted by molar-refractivity contribution is -0.111. The molecule has 0 fully saturated rings. The van der Waals surface area contributed by atoms with Gasteiger partial charge in [-0.3, -0.25) is 4.79 Å². The van der Waals surface area contributed by atoms with Gasteiger partial charge in [0.1, 0.15) is 17.2 Å². The summed E-state index contributed by atoms with van der Waals surface area (Å²) in [6, 6.07) is 12.7. The van der Waals surface area contributed by atoms with Crippen molar-refractivity contribution in [2.24, 2.45) is 7.05 Å². The van der Waals surface area contributed by atoms with Crippen LogP contribution in [0.25, 0.3) is 22.0 Å². The van der Waals surface area contributed by atoms with Crippen molar-refractivity contribution in [1.29, 1.82) is 0 Å². The van der Waals surface area contributed by atoms with Gasteiger partial charge in [0.2, 0.25) is 0 Å². The molecule has 0 spiro atoms. The first-order chi connectivity index (χ1) is 13.3. The summed E-state index contributed by atoms with van der Waals surface area (Å²) < 4.78 is 21.8. The number of allylic oxidation sites excluding steroid dienone is 1. The second kappa shape index (κ2) is 5.58. The molecule has 1 amide bonds. The Kier molecular flexibility index (Phi) is 3.35. The first-order valence-corrected chi connectivity index (χ1v) is 9.16. The first-order valence-electron chi connectivity index (χ1n) is 9.16. The fraction of sp³-hybridized carbons (Fsp3) is 0.174. The average Bonchev–Trinajstić information content (AvgIpc) is 3.26. The van der Waals surface area contributed by atoms with Crippen LogP contribution in [0.5, 0.6) is 0 Å². The topological polar surface area (TPSA) is 43.3 Å². The van der Waals surface area contributed by atoms with E-state index < -0.39 is 5.60 Å². The fourth-order valence-electron chi connectivity index (χ4n) is 4.06. The highest BCUT2D eigenvalue weighted by Crippen LogP contribution is 2.44. The van der Waals surface area contributed by atoms with Gasteiger partial charge in [-0.1, -0.05) is 6.07 Å². The zero-order valence-electron chi connectivity index (χ0n) is 15.8. The van der Waals surface area contributed by atoms with Crippen molar-refractivity contribution in [1.82, 2.24) is 4.57 Å². The maximum atomic E-state index is 13.5. The third-order valence-corrected chi connectivity index (χ3v) is 5.46. The number of nitrogens with zero attached hydrogens (tertiary/aromatic N) is 1. The molecule has 0 saturated heterocycles. The molecule has 2 aliphatic rings. The lowest BCUT2D eigenvalue weighted by Gasteiger charge is -2.23. The van der Waals surface area contributed by atoms with E-state index in [1.165, 1.54) is 12.1 Å². The summed E-state index contributed by atoms with van der Waals surface area (Å²) in [5, 5.41) is 3.88. The Morgan fingerprint density at radius 1 is 1.11 bits per heavy atom. The maximum absolute atomic E-state index is 13.5. The van der Waals surface area contributed by atoms with Crippen LogP contribution in [-0.4, -0.2) is 16.1 Å². The van der Waals surface area contributed by atoms with Gasteiger partial charge >= 0.3 is 0 Å². The molecule has 0 saturated carbocycles. The summed E-state index contributed by atoms with van der Waals surface area (Å²) in [4.78, 5) is 12.6. The third kappa shape index (κ3) is 2.39. The van der Waals surface area contributed by atoms with Gasteiger partial charge in [0.15, 0.2) is 0 Å². The van der Waals surface area contributed by atoms with Gasteiger partial charge in [-0.15, -0.1) is 0 Å². The molecule has 0 bridgehead atoms. The molecular formula is C23H19FN2O2. The van der Waals surface area contributed by atoms with E-state index in [0.29, 0.717) is 22.6 Å². The smallest absolute Gasteiger partial charge is 0.260 e. The molecule has 140 valence electrons. The molecule has 3 aromatic rings. The number of ether oxygens (including phenoxy) is 1. The van der Waals surface area contributed by atoms with Gasteiger partial charge in [0.05, 0.1) is 11.3 Å². The number of nitrogens with one attached hydrogen (secondary N) is 1. The molecule has 1 aromatic heterocycles. The van der Waals surface area contributed by atoms with Crippen LogP contribution < -0.4 is 5.32 Å². The van der Waals surface area contributed by atoms with Crippen LogP contribution in [0.3, 0.4) is 0 Å². The molecule has 0 unspecified atom stereocenters. The molecule has 0 atom stereocenters. The van der Waals surface area contributed by atoms with E-state index in [1.807, 2.05) is 33.2 Å². The Balaban J connectivity index is 1.66. The van der Waals surface area contributed by atoms with E-state index in [9.17, 15) is 9.18 Å². The molecule has 0 aliphatic carbocycles. The highest BCUT2D eigenvalue weighted by Gasteiger charge is 2.38. The molecule has 2 aromatic carbocycles. The summed E-state index contributed by atoms with van der Waals surface area (Å²) in [5.41, 5.74) is 4.20. The number of aryl methyl sites for hydroxylation is 1. The number of hydrogen-bond donors (Lipinski definition) is 1. The normalized spacial score (nSPS) is 20.1. The van der Waals surface area contributed by atoms with E-state index >= 15 is 0 Å². The number of rotatable bonds is 1. The second-order valence-corrected chi connectivity index (χ2v) is 7.75. The number of hydrogen-bond acceptors (Lipinski definition) is 2. The van der Waals surface area contributed by atoms with Crippen molar-refractivity contribution in [3.63, 3.8) is 0 Å². The SMILES string of the molecule is Cn1ccc2cc(C3=C/C(=C4\C(=O)Nc5cc(F)ccc54)OC3(C)C)ccc21. The highest BCUT2D eigenvalue weighted by molar-refractivity contribution is 6.32. The van der Waals surface area contributed by atoms with Crippen LogP contribution >= 0.6 is 0 Å². The minimum absolute atomic E-state index is 0.276. The van der Waals surface area contributed by atoms with Crippen LogP contribution in [0.15, 0.2) is 60.5 Å². The Hall–Kier alpha value is -3.34. The summed E-state index contributed by atoms with van der Waals surface area (Å²) in [5.74, 6) is -0.149. The molecule has 1 N–H and O–H groups in total. The van der Waals surface area contributed by atoms with Crippen LogP contribution in [0, 0.1) is 5.82 Å². The second-order valence-electron chi connectivity index (χ2n) is 7.75. The van der Waals surface area contributed by atoms with Crippen LogP contribution in [0.4, 0.5) is 10.1 Å². The fourth-order valence-corrected chi connectivity index (χ4v) is 4.06. The Morgan fingerprint density at radius 3 is 2.75 bits per heavy atom. The van der Waals surface area contributed by atoms with Gasteiger partial charge in [0, 0.05) is 35.3 Å². The number of amides is 1. The average molecular weight is 374 g/mol. The highest BCUT2D eigenvalue weighted by atomic mass is 19.1. The van der Waals surface area contributed by atoms with Crippen molar-refractivity contribution in [3.8, 4) is 0 Å². The summed E-state index contributed by atoms with van der Waals surface area (Å²) in [6.45, 7) is 3.97. The summed E-state index contributed by atoms with van der Waals surface area (Å²) >= 11 is 0. The number of benzene rings is 2. The molecule has 0 radical (unpaired) electrons. The number of anilines is 1. The number of aromatic nitrogens is 1. The molecule has 28 heavy (non-hydrogen) atoms. The molecule has 2 aliphatic heterocycles. The lowest BCUT2D eigenvalue weighted by atomic mass is 9.91. The minimum atomic E-state index is -0.589. The van der Waals surface area contributed by atoms with Crippen molar-refractivity contribution in [2.45, 2.75) is 19.4 Å². The standard InChI is InChI=1S/C23H19FN2O2/c1-23(2)17(13-4-7-19-14(10-13)8-9-26(19)3)12-20(28-23)21-16-6-5-15(24)11-18(16)25-22(21)27/h4-12H,1-3H3,(H,25,27)/b21-20+. The quantitative estimate of drug-likeness (QED) is 0.618. The number of fused-ring (bicyclic) bond motifs is 2. The summed E-state index contributed by atoms with van der Waals surface area (Å²) in [7, 11) is 2.02. The summed E-state index contributed by atoms with van der Waals surface area (Å²) in [6.07, 6.45) is 3.96. The minimum Gasteiger partial charge on any atom is -0.482 e. The van der Waals surface area contributed by atoms with E-state index in [-0.39, 0.29) is 11.7 Å². The number of halogens is 1. The van der Waals surface area contributed by atoms with Crippen LogP contribution in [0.2, 0.25) is 0 Å². The lowest BCUT2D eigenvalue weighted by Crippen LogP contribution is -2.21. The molecule has 4 nitrogen and oxygen atoms in total. The number of carbonyl (C=O) groups excluding carboxylic acids is 1. The van der Waals surface area contributed by atoms with Gasteiger partial charge < -0.3 is 14.6 Å². The molecular weight excluding hydrogens is 355 g/mol. The van der Waals surface area contributed by atoms with E-state index in [0.717, 1.165) is 22.0 Å². The molecule has 5 rings (SSSR count). The third-order valence-electron chi connectivity index (χ3n) is 5.46. The van der Waals surface area contributed by atoms with Crippen LogP contribution in [0.1, 0.15) is 25.0 Å². The van der Waals surface area contributed by atoms with Gasteiger partial charge in [0.25, 0.3) is 5.91 Å². The van der Waals surface area contributed by atoms with Crippen molar-refractivity contribution in [3.05, 3.63) is 77.4 Å². The van der Waals surface area contributed by atoms with E-state index in [1.54, 1.807) is 6.07 Å². The predicted molar refractivity (Wildman–Crippen MR) is 108 cm³/mol. The van der Waals surface area contributed by atoms with Crippen molar-refractivity contribution >= 4 is 33.6 Å². The Morgan fingerprint density at radius 2 is 1.93 bits per heavy atom. The monoisotopic (exact) mass is 374 g/mol. The van der Waals surface area contributed by atoms with E-state index in [4.69, 9.17) is 4.74 Å². The Bertz CT molecular complexity index is 1230. The Labute approximate surface area is 161 Å². The van der Waals surface area contributed by atoms with E-state index in [2.05, 4.69) is 34.1 Å². The predicted octanol–water partition coefficient (Wildman–Crippen LogP) is 4.87.